The zero-order chi connectivity index (χ0) is 26.0. The lowest BCUT2D eigenvalue weighted by molar-refractivity contribution is 1.07. The predicted octanol–water partition coefficient (Wildman–Crippen LogP) is -4.69. The minimum Gasteiger partial charge on any atom is -0.208 e. The molecule has 13 heteroatoms. The summed E-state index contributed by atoms with van der Waals surface area (Å²) in [5, 5.41) is 1.17. The first-order valence-corrected chi connectivity index (χ1v) is 10.9. The van der Waals surface area contributed by atoms with Gasteiger partial charge in [-0.3, -0.25) is 0 Å². The highest BCUT2D eigenvalue weighted by atomic mass is 35.5. The van der Waals surface area contributed by atoms with Crippen molar-refractivity contribution in [2.75, 3.05) is 0 Å². The van der Waals surface area contributed by atoms with Gasteiger partial charge >= 0.3 is 0 Å². The van der Waals surface area contributed by atoms with Crippen molar-refractivity contribution in [2.45, 2.75) is 0 Å². The van der Waals surface area contributed by atoms with Crippen molar-refractivity contribution in [3.8, 4) is 22.8 Å². The summed E-state index contributed by atoms with van der Waals surface area (Å²) in [5.41, 5.74) is 1.76. The van der Waals surface area contributed by atoms with Crippen LogP contribution >= 0.6 is 11.6 Å². The van der Waals surface area contributed by atoms with E-state index in [-0.39, 0.29) is 71.2 Å². The van der Waals surface area contributed by atoms with Crippen molar-refractivity contribution in [3.63, 3.8) is 0 Å². The van der Waals surface area contributed by atoms with E-state index in [1.54, 1.807) is 0 Å². The Labute approximate surface area is 225 Å². The SMILES string of the molecule is [B]c1c([B])c([B])c2c(c1[B])c([B])c([B])c1c([B])c([B])c(-c3nc(Cl)nc(-c4ccccc4)n3)c([B])c12. The Bertz CT molecular complexity index is 1740. The molecule has 146 valence electrons. The molecule has 0 atom stereocenters. The second-order valence-electron chi connectivity index (χ2n) is 8.22. The minimum absolute atomic E-state index is 0.0661. The molecular weight excluding hydrogens is 451 g/mol. The molecule has 5 aromatic rings. The van der Waals surface area contributed by atoms with Gasteiger partial charge in [0.1, 0.15) is 70.6 Å². The van der Waals surface area contributed by atoms with E-state index in [9.17, 15) is 0 Å². The van der Waals surface area contributed by atoms with E-state index in [0.29, 0.717) is 27.5 Å². The van der Waals surface area contributed by atoms with E-state index in [2.05, 4.69) is 15.0 Å². The average Bonchev–Trinajstić information content (AvgIpc) is 2.86. The van der Waals surface area contributed by atoms with Gasteiger partial charge in [-0.25, -0.2) is 4.98 Å². The fourth-order valence-electron chi connectivity index (χ4n) is 4.40. The van der Waals surface area contributed by atoms with Crippen molar-refractivity contribution in [1.29, 1.82) is 0 Å². The number of halogens is 1. The minimum atomic E-state index is -0.0706. The molecule has 3 nitrogen and oxygen atoms in total. The normalized spacial score (nSPS) is 11.4. The highest BCUT2D eigenvalue weighted by Crippen LogP contribution is 2.23. The highest BCUT2D eigenvalue weighted by molar-refractivity contribution is 6.73. The second-order valence-corrected chi connectivity index (χ2v) is 8.55. The van der Waals surface area contributed by atoms with E-state index in [1.165, 1.54) is 0 Å². The molecule has 1 aromatic heterocycles. The summed E-state index contributed by atoms with van der Waals surface area (Å²) in [7, 11) is 57.3. The molecule has 0 saturated carbocycles. The maximum absolute atomic E-state index is 6.71. The van der Waals surface area contributed by atoms with Gasteiger partial charge in [0.25, 0.3) is 0 Å². The van der Waals surface area contributed by atoms with E-state index in [4.69, 9.17) is 82.2 Å². The Morgan fingerprint density at radius 1 is 0.444 bits per heavy atom. The van der Waals surface area contributed by atoms with Crippen LogP contribution in [0.1, 0.15) is 0 Å². The summed E-state index contributed by atoms with van der Waals surface area (Å²) in [6, 6.07) is 9.19. The van der Waals surface area contributed by atoms with Gasteiger partial charge in [0.05, 0.1) is 0 Å². The Balaban J connectivity index is 1.98. The van der Waals surface area contributed by atoms with Crippen LogP contribution in [0.5, 0.6) is 0 Å². The van der Waals surface area contributed by atoms with Gasteiger partial charge in [0.2, 0.25) is 5.28 Å². The molecule has 0 saturated heterocycles. The molecule has 0 spiro atoms. The molecule has 0 bridgehead atoms. The lowest BCUT2D eigenvalue weighted by Gasteiger charge is -2.27. The van der Waals surface area contributed by atoms with Crippen molar-refractivity contribution in [2.24, 2.45) is 0 Å². The standard InChI is InChI=1S/C23H5B9ClN3/c24-12-7-8-10(17(29)20(32)19(31)13(8)25)15(27)14(26)9(7)16(28)18(30)11(12)22-34-21(35-23(33)36-22)6-4-2-1-3-5-6/h1-5H. The van der Waals surface area contributed by atoms with Crippen molar-refractivity contribution in [1.82, 2.24) is 15.0 Å². The quantitative estimate of drug-likeness (QED) is 0.198. The number of hydrogen-bond acceptors (Lipinski definition) is 3. The van der Waals surface area contributed by atoms with Crippen LogP contribution in [-0.4, -0.2) is 85.6 Å². The van der Waals surface area contributed by atoms with Crippen molar-refractivity contribution in [3.05, 3.63) is 35.6 Å². The molecule has 0 unspecified atom stereocenters. The molecule has 36 heavy (non-hydrogen) atoms. The average molecular weight is 456 g/mol. The zero-order valence-corrected chi connectivity index (χ0v) is 19.6. The molecule has 5 rings (SSSR count). The maximum Gasteiger partial charge on any atom is 0.226 e. The van der Waals surface area contributed by atoms with Gasteiger partial charge in [-0.2, -0.15) is 9.97 Å². The molecule has 18 radical (unpaired) electrons. The summed E-state index contributed by atoms with van der Waals surface area (Å²) in [4.78, 5) is 13.0. The molecule has 0 N–H and O–H groups in total. The first-order valence-electron chi connectivity index (χ1n) is 10.5. The van der Waals surface area contributed by atoms with Crippen molar-refractivity contribution >= 4 is 153 Å². The Morgan fingerprint density at radius 3 is 1.47 bits per heavy atom. The van der Waals surface area contributed by atoms with Crippen LogP contribution in [0.3, 0.4) is 0 Å². The third kappa shape index (κ3) is 3.60. The Hall–Kier alpha value is -2.72. The van der Waals surface area contributed by atoms with E-state index >= 15 is 0 Å². The molecule has 0 fully saturated rings. The van der Waals surface area contributed by atoms with Crippen LogP contribution < -0.4 is 49.2 Å². The monoisotopic (exact) mass is 457 g/mol. The van der Waals surface area contributed by atoms with Crippen LogP contribution in [0, 0.1) is 0 Å². The lowest BCUT2D eigenvalue weighted by atomic mass is 9.58. The van der Waals surface area contributed by atoms with E-state index in [1.807, 2.05) is 30.3 Å². The van der Waals surface area contributed by atoms with Crippen LogP contribution in [0.2, 0.25) is 5.28 Å². The largest absolute Gasteiger partial charge is 0.226 e. The van der Waals surface area contributed by atoms with Crippen LogP contribution in [0.15, 0.2) is 30.3 Å². The molecule has 0 aliphatic carbocycles. The maximum atomic E-state index is 6.71. The molecule has 0 aliphatic rings. The molecular formula is C23H5B9ClN3. The number of benzene rings is 4. The van der Waals surface area contributed by atoms with E-state index in [0.717, 1.165) is 0 Å². The Morgan fingerprint density at radius 2 is 0.889 bits per heavy atom. The summed E-state index contributed by atoms with van der Waals surface area (Å²) in [6.45, 7) is 0. The number of fused-ring (bicyclic) bond motifs is 3. The summed E-state index contributed by atoms with van der Waals surface area (Å²) < 4.78 is 0. The van der Waals surface area contributed by atoms with Crippen LogP contribution in [-0.2, 0) is 0 Å². The molecule has 0 amide bonds. The number of aromatic nitrogens is 3. The molecule has 0 aliphatic heterocycles. The number of nitrogens with zero attached hydrogens (tertiary/aromatic N) is 3. The Kier molecular flexibility index (Phi) is 6.23. The molecule has 4 aromatic carbocycles. The summed E-state index contributed by atoms with van der Waals surface area (Å²) in [5.74, 6) is 0.404. The summed E-state index contributed by atoms with van der Waals surface area (Å²) in [6.07, 6.45) is 0. The first-order chi connectivity index (χ1) is 17.0. The van der Waals surface area contributed by atoms with Crippen molar-refractivity contribution < 1.29 is 0 Å². The van der Waals surface area contributed by atoms with E-state index < -0.39 is 0 Å². The third-order valence-electron chi connectivity index (χ3n) is 6.22. The van der Waals surface area contributed by atoms with Gasteiger partial charge < -0.3 is 0 Å². The first kappa shape index (κ1) is 25.0. The fraction of sp³-hybridized carbons (Fsp3) is 0. The fourth-order valence-corrected chi connectivity index (χ4v) is 4.57. The smallest absolute Gasteiger partial charge is 0.208 e. The zero-order valence-electron chi connectivity index (χ0n) is 18.8. The van der Waals surface area contributed by atoms with Gasteiger partial charge in [-0.05, 0) is 33.1 Å². The van der Waals surface area contributed by atoms with Gasteiger partial charge in [0.15, 0.2) is 11.6 Å². The van der Waals surface area contributed by atoms with Gasteiger partial charge in [-0.15, -0.1) is 10.9 Å². The predicted molar refractivity (Wildman–Crippen MR) is 159 cm³/mol. The third-order valence-corrected chi connectivity index (χ3v) is 6.39. The number of hydrogen-bond donors (Lipinski definition) is 0. The lowest BCUT2D eigenvalue weighted by Crippen LogP contribution is -2.51. The second kappa shape index (κ2) is 8.99. The van der Waals surface area contributed by atoms with Crippen LogP contribution in [0.4, 0.5) is 0 Å². The van der Waals surface area contributed by atoms with Gasteiger partial charge in [0, 0.05) is 11.1 Å². The topological polar surface area (TPSA) is 38.7 Å². The van der Waals surface area contributed by atoms with Gasteiger partial charge in [-0.1, -0.05) is 68.6 Å². The molecule has 1 heterocycles. The van der Waals surface area contributed by atoms with Crippen LogP contribution in [0.25, 0.3) is 44.3 Å². The summed E-state index contributed by atoms with van der Waals surface area (Å²) >= 11 is 6.26. The number of rotatable bonds is 2. The highest BCUT2D eigenvalue weighted by Gasteiger charge is 2.22.